The van der Waals surface area contributed by atoms with Crippen molar-refractivity contribution < 1.29 is 134 Å². The number of hydrogen-bond donors (Lipinski definition) is 1. The number of amides is 4. The van der Waals surface area contributed by atoms with E-state index in [9.17, 15) is 38.7 Å². The van der Waals surface area contributed by atoms with Crippen LogP contribution in [0.1, 0.15) is 96.4 Å². The number of ether oxygens (including phenoxy) is 18. The van der Waals surface area contributed by atoms with E-state index < -0.39 is 196 Å². The molecule has 1 N–H and O–H groups in total. The van der Waals surface area contributed by atoms with Gasteiger partial charge >= 0.3 is 29.8 Å². The number of carbonyl (C=O) groups is 9. The molecule has 111 heavy (non-hydrogen) atoms. The Hall–Kier alpha value is -9.35. The SMILES string of the molecule is CC(=O)OC[C@H]1O[C@@H](O[C@H]2[C@H](OCc3ccccc3)[C@@H](N3C(=O)C(C)=C(C)C3=O)[C@H](O[C@H]3[C@H]4O[C@@H](c5ccccc5)OC[C@H]4O[C@@H](O[C@H]4[C@H](OCc5ccccc5)[C@@H](N5C(=O)C(C)=C(C)C5=O)C(O)O[C@@H]4COCc4ccccc4)[C@@H]3OC(C)=O)O[C@@H]2COCc2ccccc2)[C@H](OC(C)=O)[C@@H](OC(C)=O)[C@H]1OC(C)=O. The fourth-order valence-corrected chi connectivity index (χ4v) is 14.5. The average molecular weight is 1540 g/mol. The maximum atomic E-state index is 15.4. The molecular formula is C81H90N2O28. The molecule has 5 fully saturated rings. The van der Waals surface area contributed by atoms with Crippen molar-refractivity contribution in [2.75, 3.05) is 26.4 Å². The van der Waals surface area contributed by atoms with Crippen molar-refractivity contribution in [1.82, 2.24) is 9.80 Å². The molecule has 7 aliphatic rings. The van der Waals surface area contributed by atoms with Gasteiger partial charge in [0.05, 0.1) is 46.2 Å². The number of imide groups is 2. The summed E-state index contributed by atoms with van der Waals surface area (Å²) in [7, 11) is 0. The van der Waals surface area contributed by atoms with E-state index >= 15 is 9.59 Å². The van der Waals surface area contributed by atoms with Gasteiger partial charge in [0, 0.05) is 62.5 Å². The Morgan fingerprint density at radius 2 is 0.757 bits per heavy atom. The number of esters is 5. The smallest absolute Gasteiger partial charge is 0.303 e. The van der Waals surface area contributed by atoms with Crippen LogP contribution in [0.15, 0.2) is 174 Å². The number of aliphatic hydroxyl groups excluding tert-OH is 1. The summed E-state index contributed by atoms with van der Waals surface area (Å²) in [4.78, 5) is 128. The van der Waals surface area contributed by atoms with Gasteiger partial charge in [-0.05, 0) is 49.9 Å². The normalized spacial score (nSPS) is 30.9. The Labute approximate surface area is 640 Å². The highest BCUT2D eigenvalue weighted by Gasteiger charge is 2.63. The first-order valence-corrected chi connectivity index (χ1v) is 36.5. The van der Waals surface area contributed by atoms with Gasteiger partial charge in [-0.1, -0.05) is 152 Å². The summed E-state index contributed by atoms with van der Waals surface area (Å²) in [6, 6.07) is 41.2. The third-order valence-electron chi connectivity index (χ3n) is 20.0. The quantitative estimate of drug-likeness (QED) is 0.0317. The topological polar surface area (TPSA) is 346 Å². The molecule has 7 heterocycles. The lowest BCUT2D eigenvalue weighted by molar-refractivity contribution is -0.406. The summed E-state index contributed by atoms with van der Waals surface area (Å²) < 4.78 is 119. The molecule has 0 spiro atoms. The highest BCUT2D eigenvalue weighted by atomic mass is 16.8. The van der Waals surface area contributed by atoms with Crippen LogP contribution in [0.4, 0.5) is 0 Å². The molecule has 1 unspecified atom stereocenters. The van der Waals surface area contributed by atoms with E-state index in [0.717, 1.165) is 50.0 Å². The lowest BCUT2D eigenvalue weighted by atomic mass is 9.92. The number of hydrogen-bond acceptors (Lipinski definition) is 28. The van der Waals surface area contributed by atoms with Gasteiger partial charge in [-0.2, -0.15) is 0 Å². The average Bonchev–Trinajstić information content (AvgIpc) is 1.71. The Bertz CT molecular complexity index is 4120. The maximum Gasteiger partial charge on any atom is 0.303 e. The number of fused-ring (bicyclic) bond motifs is 1. The fraction of sp³-hybridized carbons (Fsp3) is 0.469. The molecule has 0 saturated carbocycles. The molecule has 0 bridgehead atoms. The van der Waals surface area contributed by atoms with Gasteiger partial charge in [-0.3, -0.25) is 53.0 Å². The number of aliphatic hydroxyl groups is 1. The van der Waals surface area contributed by atoms with Crippen LogP contribution in [-0.2, 0) is 155 Å². The summed E-state index contributed by atoms with van der Waals surface area (Å²) >= 11 is 0. The van der Waals surface area contributed by atoms with Crippen molar-refractivity contribution in [3.8, 4) is 0 Å². The van der Waals surface area contributed by atoms with Gasteiger partial charge < -0.3 is 90.4 Å². The minimum Gasteiger partial charge on any atom is -0.463 e. The van der Waals surface area contributed by atoms with Crippen LogP contribution in [0.3, 0.4) is 0 Å². The monoisotopic (exact) mass is 1540 g/mol. The fourth-order valence-electron chi connectivity index (χ4n) is 14.5. The van der Waals surface area contributed by atoms with E-state index in [1.807, 2.05) is 36.4 Å². The van der Waals surface area contributed by atoms with E-state index in [4.69, 9.17) is 85.3 Å². The van der Waals surface area contributed by atoms with Crippen LogP contribution in [-0.4, -0.2) is 218 Å². The highest BCUT2D eigenvalue weighted by molar-refractivity contribution is 6.19. The first-order valence-electron chi connectivity index (χ1n) is 36.5. The molecule has 5 aromatic rings. The minimum absolute atomic E-state index is 0.00433. The summed E-state index contributed by atoms with van der Waals surface area (Å²) in [6.45, 7) is 8.88. The zero-order valence-electron chi connectivity index (χ0n) is 62.6. The van der Waals surface area contributed by atoms with Crippen LogP contribution in [0.2, 0.25) is 0 Å². The minimum atomic E-state index is -1.99. The van der Waals surface area contributed by atoms with Crippen LogP contribution in [0.5, 0.6) is 0 Å². The van der Waals surface area contributed by atoms with E-state index in [0.29, 0.717) is 22.3 Å². The van der Waals surface area contributed by atoms with Crippen LogP contribution < -0.4 is 0 Å². The van der Waals surface area contributed by atoms with Gasteiger partial charge in [-0.25, -0.2) is 0 Å². The van der Waals surface area contributed by atoms with E-state index in [1.165, 1.54) is 27.7 Å². The second kappa shape index (κ2) is 36.9. The molecule has 592 valence electrons. The zero-order chi connectivity index (χ0) is 78.7. The molecule has 21 atom stereocenters. The third kappa shape index (κ3) is 19.1. The van der Waals surface area contributed by atoms with Crippen molar-refractivity contribution in [3.63, 3.8) is 0 Å². The molecule has 4 amide bonds. The maximum absolute atomic E-state index is 15.4. The number of nitrogens with zero attached hydrogens (tertiary/aromatic N) is 2. The predicted octanol–water partition coefficient (Wildman–Crippen LogP) is 6.19. The number of benzene rings is 5. The second-order valence-electron chi connectivity index (χ2n) is 27.7. The molecule has 12 rings (SSSR count). The van der Waals surface area contributed by atoms with Crippen molar-refractivity contribution >= 4 is 53.5 Å². The molecule has 0 radical (unpaired) electrons. The van der Waals surface area contributed by atoms with E-state index in [2.05, 4.69) is 0 Å². The van der Waals surface area contributed by atoms with Crippen LogP contribution in [0, 0.1) is 0 Å². The summed E-state index contributed by atoms with van der Waals surface area (Å²) in [5, 5.41) is 12.4. The molecule has 0 aromatic heterocycles. The molecular weight excluding hydrogens is 1450 g/mol. The molecule has 30 nitrogen and oxygen atoms in total. The van der Waals surface area contributed by atoms with Crippen molar-refractivity contribution in [1.29, 1.82) is 0 Å². The first kappa shape index (κ1) is 81.1. The molecule has 5 saturated heterocycles. The van der Waals surface area contributed by atoms with Gasteiger partial charge in [0.2, 0.25) is 0 Å². The van der Waals surface area contributed by atoms with Gasteiger partial charge in [-0.15, -0.1) is 0 Å². The Morgan fingerprint density at radius 3 is 1.22 bits per heavy atom. The van der Waals surface area contributed by atoms with E-state index in [1.54, 1.807) is 115 Å². The lowest BCUT2D eigenvalue weighted by Gasteiger charge is -2.54. The summed E-state index contributed by atoms with van der Waals surface area (Å²) in [5.74, 6) is -7.75. The molecule has 5 aromatic carbocycles. The number of carbonyl (C=O) groups excluding carboxylic acids is 9. The molecule has 30 heteroatoms. The number of rotatable bonds is 29. The molecule has 0 aliphatic carbocycles. The Balaban J connectivity index is 1.02. The first-order chi connectivity index (χ1) is 53.4. The van der Waals surface area contributed by atoms with Crippen molar-refractivity contribution in [2.24, 2.45) is 0 Å². The Kier molecular flexibility index (Phi) is 27.0. The largest absolute Gasteiger partial charge is 0.463 e. The van der Waals surface area contributed by atoms with Gasteiger partial charge in [0.15, 0.2) is 55.9 Å². The van der Waals surface area contributed by atoms with Crippen molar-refractivity contribution in [3.05, 3.63) is 202 Å². The zero-order valence-corrected chi connectivity index (χ0v) is 62.6. The standard InChI is InChI=1S/C81H90N2O28/c1-43-44(2)74(90)82(73(43)89)61-67(97-37-54-29-19-12-20-30-54)63(57(104-77(61)93)39-94-35-52-25-15-10-16-26-52)109-81-72(103-51(9)88)70(66-60(107-81)42-99-78(108-66)56-33-23-14-24-34-56)111-79-62(83-75(91)45(3)46(4)76(83)92)68(98-38-55-31-21-13-22-32-55)64(58(105-79)40-95-36-53-27-17-11-18-28-53)110-80-71(102-50(8)87)69(101-49(7)86)65(100-48(6)85)59(106-80)41-96-47(5)84/h10-34,57-72,77-81,93H,35-42H2,1-9H3/t57-,58-,59-,60-,61-,62-,63-,64-,65+,66+,67-,68-,69+,70+,71-,72-,77?,78+,79+,80+,81+/m1/s1. The van der Waals surface area contributed by atoms with E-state index in [-0.39, 0.29) is 61.9 Å². The Morgan fingerprint density at radius 1 is 0.387 bits per heavy atom. The van der Waals surface area contributed by atoms with Crippen molar-refractivity contribution in [2.45, 2.75) is 218 Å². The predicted molar refractivity (Wildman–Crippen MR) is 381 cm³/mol. The van der Waals surface area contributed by atoms with Gasteiger partial charge in [0.1, 0.15) is 79.7 Å². The lowest BCUT2D eigenvalue weighted by Crippen LogP contribution is -2.72. The second-order valence-corrected chi connectivity index (χ2v) is 27.7. The summed E-state index contributed by atoms with van der Waals surface area (Å²) in [6.07, 6.45) is -31.6. The van der Waals surface area contributed by atoms with Gasteiger partial charge in [0.25, 0.3) is 23.6 Å². The summed E-state index contributed by atoms with van der Waals surface area (Å²) in [5.41, 5.74) is 3.35. The van der Waals surface area contributed by atoms with Crippen LogP contribution in [0.25, 0.3) is 0 Å². The molecule has 7 aliphatic heterocycles. The van der Waals surface area contributed by atoms with Crippen LogP contribution >= 0.6 is 0 Å². The third-order valence-corrected chi connectivity index (χ3v) is 20.0. The highest BCUT2D eigenvalue weighted by Crippen LogP contribution is 2.45.